The summed E-state index contributed by atoms with van der Waals surface area (Å²) in [4.78, 5) is 33.1. The summed E-state index contributed by atoms with van der Waals surface area (Å²) in [6.45, 7) is 1.90. The van der Waals surface area contributed by atoms with Gasteiger partial charge in [0.15, 0.2) is 5.75 Å². The average molecular weight is 366 g/mol. The molecule has 2 aromatic rings. The second-order valence-corrected chi connectivity index (χ2v) is 5.18. The molecular weight excluding hydrogens is 354 g/mol. The van der Waals surface area contributed by atoms with Gasteiger partial charge < -0.3 is 10.1 Å². The minimum Gasteiger partial charge on any atom is -0.487 e. The van der Waals surface area contributed by atoms with Crippen molar-refractivity contribution in [1.29, 1.82) is 0 Å². The number of rotatable bonds is 6. The molecule has 0 unspecified atom stereocenters. The number of amides is 1. The van der Waals surface area contributed by atoms with E-state index in [0.29, 0.717) is 0 Å². The predicted octanol–water partition coefficient (Wildman–Crippen LogP) is 3.81. The smallest absolute Gasteiger partial charge is 0.311 e. The number of ether oxygens (including phenoxy) is 1. The van der Waals surface area contributed by atoms with Crippen LogP contribution in [0.1, 0.15) is 17.3 Å². The molecule has 0 spiro atoms. The van der Waals surface area contributed by atoms with E-state index in [1.807, 2.05) is 0 Å². The van der Waals surface area contributed by atoms with Crippen LogP contribution in [0.2, 0.25) is 5.02 Å². The van der Waals surface area contributed by atoms with Crippen molar-refractivity contribution in [2.24, 2.45) is 0 Å². The maximum absolute atomic E-state index is 12.3. The number of hydrogen-bond acceptors (Lipinski definition) is 6. The molecule has 0 heterocycles. The molecule has 0 bridgehead atoms. The van der Waals surface area contributed by atoms with Gasteiger partial charge in [0.05, 0.1) is 16.5 Å². The molecule has 0 fully saturated rings. The normalized spacial score (nSPS) is 10.2. The molecule has 0 radical (unpaired) electrons. The van der Waals surface area contributed by atoms with Crippen molar-refractivity contribution in [3.8, 4) is 5.75 Å². The highest BCUT2D eigenvalue weighted by Gasteiger charge is 2.21. The third-order valence-corrected chi connectivity index (χ3v) is 3.36. The highest BCUT2D eigenvalue weighted by atomic mass is 35.5. The zero-order valence-electron chi connectivity index (χ0n) is 12.9. The zero-order chi connectivity index (χ0) is 18.6. The van der Waals surface area contributed by atoms with Gasteiger partial charge in [-0.1, -0.05) is 11.6 Å². The number of nitro benzene ring substituents is 2. The Kier molecular flexibility index (Phi) is 5.50. The first-order valence-corrected chi connectivity index (χ1v) is 7.37. The summed E-state index contributed by atoms with van der Waals surface area (Å²) in [5.41, 5.74) is -0.878. The van der Waals surface area contributed by atoms with Crippen LogP contribution in [0.5, 0.6) is 5.75 Å². The van der Waals surface area contributed by atoms with E-state index in [4.69, 9.17) is 16.3 Å². The predicted molar refractivity (Wildman–Crippen MR) is 90.3 cm³/mol. The van der Waals surface area contributed by atoms with Crippen LogP contribution in [0, 0.1) is 20.2 Å². The van der Waals surface area contributed by atoms with Gasteiger partial charge >= 0.3 is 5.69 Å². The number of hydrogen-bond donors (Lipinski definition) is 1. The van der Waals surface area contributed by atoms with E-state index in [2.05, 4.69) is 5.32 Å². The van der Waals surface area contributed by atoms with Crippen molar-refractivity contribution in [2.75, 3.05) is 11.9 Å². The van der Waals surface area contributed by atoms with Crippen LogP contribution in [0.3, 0.4) is 0 Å². The van der Waals surface area contributed by atoms with E-state index < -0.39 is 15.8 Å². The summed E-state index contributed by atoms with van der Waals surface area (Å²) in [5, 5.41) is 24.6. The zero-order valence-corrected chi connectivity index (χ0v) is 13.6. The van der Waals surface area contributed by atoms with E-state index >= 15 is 0 Å². The molecule has 0 aliphatic rings. The Hall–Kier alpha value is -3.20. The second kappa shape index (κ2) is 7.58. The Morgan fingerprint density at radius 3 is 2.40 bits per heavy atom. The van der Waals surface area contributed by atoms with Crippen LogP contribution in [-0.4, -0.2) is 22.4 Å². The molecule has 0 aromatic heterocycles. The first kappa shape index (κ1) is 18.1. The van der Waals surface area contributed by atoms with E-state index in [9.17, 15) is 25.0 Å². The summed E-state index contributed by atoms with van der Waals surface area (Å²) >= 11 is 5.71. The maximum Gasteiger partial charge on any atom is 0.311 e. The number of carbonyl (C=O) groups is 1. The molecule has 10 heteroatoms. The van der Waals surface area contributed by atoms with Gasteiger partial charge in [0.2, 0.25) is 0 Å². The van der Waals surface area contributed by atoms with E-state index in [-0.39, 0.29) is 40.0 Å². The van der Waals surface area contributed by atoms with Crippen molar-refractivity contribution in [2.45, 2.75) is 6.92 Å². The molecule has 0 aliphatic carbocycles. The number of anilines is 1. The Morgan fingerprint density at radius 2 is 1.80 bits per heavy atom. The molecular formula is C15H12ClN3O6. The summed E-state index contributed by atoms with van der Waals surface area (Å²) in [5.74, 6) is -0.710. The molecule has 0 saturated carbocycles. The van der Waals surface area contributed by atoms with Gasteiger partial charge in [0, 0.05) is 22.7 Å². The van der Waals surface area contributed by atoms with Crippen molar-refractivity contribution in [3.05, 3.63) is 67.2 Å². The molecule has 9 nitrogen and oxygen atoms in total. The fourth-order valence-corrected chi connectivity index (χ4v) is 2.20. The summed E-state index contributed by atoms with van der Waals surface area (Å²) in [6.07, 6.45) is 0. The molecule has 0 aliphatic heterocycles. The average Bonchev–Trinajstić information content (AvgIpc) is 2.56. The molecule has 1 amide bonds. The summed E-state index contributed by atoms with van der Waals surface area (Å²) < 4.78 is 5.14. The van der Waals surface area contributed by atoms with Crippen LogP contribution >= 0.6 is 11.6 Å². The van der Waals surface area contributed by atoms with Gasteiger partial charge in [-0.2, -0.15) is 0 Å². The summed E-state index contributed by atoms with van der Waals surface area (Å²) in [7, 11) is 0. The van der Waals surface area contributed by atoms with Crippen molar-refractivity contribution in [3.63, 3.8) is 0 Å². The van der Waals surface area contributed by atoms with Crippen LogP contribution in [0.4, 0.5) is 17.1 Å². The topological polar surface area (TPSA) is 125 Å². The standard InChI is InChI=1S/C15H12ClN3O6/c1-2-25-14-6-3-9(7-13(14)19(23)24)15(20)17-11-5-4-10(16)8-12(11)18(21)22/h3-8H,2H2,1H3,(H,17,20). The molecule has 130 valence electrons. The Balaban J connectivity index is 2.35. The largest absolute Gasteiger partial charge is 0.487 e. The SMILES string of the molecule is CCOc1ccc(C(=O)Nc2ccc(Cl)cc2[N+](=O)[O-])cc1[N+](=O)[O-]. The second-order valence-electron chi connectivity index (χ2n) is 4.75. The number of halogens is 1. The lowest BCUT2D eigenvalue weighted by atomic mass is 10.1. The van der Waals surface area contributed by atoms with Gasteiger partial charge in [-0.25, -0.2) is 0 Å². The fraction of sp³-hybridized carbons (Fsp3) is 0.133. The highest BCUT2D eigenvalue weighted by molar-refractivity contribution is 6.31. The minimum atomic E-state index is -0.739. The quantitative estimate of drug-likeness (QED) is 0.613. The molecule has 2 aromatic carbocycles. The van der Waals surface area contributed by atoms with Crippen LogP contribution in [-0.2, 0) is 0 Å². The third-order valence-electron chi connectivity index (χ3n) is 3.12. The number of carbonyl (C=O) groups excluding carboxylic acids is 1. The molecule has 0 atom stereocenters. The lowest BCUT2D eigenvalue weighted by Gasteiger charge is -2.08. The van der Waals surface area contributed by atoms with E-state index in [0.717, 1.165) is 12.1 Å². The number of nitrogens with zero attached hydrogens (tertiary/aromatic N) is 2. The Labute approximate surface area is 146 Å². The Morgan fingerprint density at radius 1 is 1.12 bits per heavy atom. The van der Waals surface area contributed by atoms with Crippen molar-refractivity contribution < 1.29 is 19.4 Å². The first-order chi connectivity index (χ1) is 11.8. The third kappa shape index (κ3) is 4.21. The van der Waals surface area contributed by atoms with Gasteiger partial charge in [-0.05, 0) is 31.2 Å². The van der Waals surface area contributed by atoms with Crippen LogP contribution in [0.15, 0.2) is 36.4 Å². The van der Waals surface area contributed by atoms with Gasteiger partial charge in [0.1, 0.15) is 5.69 Å². The van der Waals surface area contributed by atoms with Crippen LogP contribution in [0.25, 0.3) is 0 Å². The molecule has 25 heavy (non-hydrogen) atoms. The van der Waals surface area contributed by atoms with Gasteiger partial charge in [-0.3, -0.25) is 25.0 Å². The van der Waals surface area contributed by atoms with Gasteiger partial charge in [0.25, 0.3) is 11.6 Å². The molecule has 1 N–H and O–H groups in total. The summed E-state index contributed by atoms with van der Waals surface area (Å²) in [6, 6.07) is 7.42. The fourth-order valence-electron chi connectivity index (χ4n) is 2.03. The first-order valence-electron chi connectivity index (χ1n) is 7.00. The monoisotopic (exact) mass is 365 g/mol. The maximum atomic E-state index is 12.3. The van der Waals surface area contributed by atoms with Crippen molar-refractivity contribution in [1.82, 2.24) is 0 Å². The lowest BCUT2D eigenvalue weighted by molar-refractivity contribution is -0.385. The highest BCUT2D eigenvalue weighted by Crippen LogP contribution is 2.30. The van der Waals surface area contributed by atoms with Crippen LogP contribution < -0.4 is 10.1 Å². The van der Waals surface area contributed by atoms with E-state index in [1.165, 1.54) is 24.3 Å². The number of nitro groups is 2. The molecule has 0 saturated heterocycles. The van der Waals surface area contributed by atoms with Gasteiger partial charge in [-0.15, -0.1) is 0 Å². The Bertz CT molecular complexity index is 855. The minimum absolute atomic E-state index is 0.0292. The lowest BCUT2D eigenvalue weighted by Crippen LogP contribution is -2.13. The number of nitrogens with one attached hydrogen (secondary N) is 1. The van der Waals surface area contributed by atoms with Crippen molar-refractivity contribution >= 4 is 34.6 Å². The number of benzene rings is 2. The van der Waals surface area contributed by atoms with E-state index in [1.54, 1.807) is 6.92 Å². The molecule has 2 rings (SSSR count).